The van der Waals surface area contributed by atoms with Crippen LogP contribution >= 0.6 is 15.9 Å². The highest BCUT2D eigenvalue weighted by Gasteiger charge is 2.31. The Morgan fingerprint density at radius 1 is 0.698 bits per heavy atom. The van der Waals surface area contributed by atoms with Gasteiger partial charge < -0.3 is 29.2 Å². The molecule has 4 atom stereocenters. The molecule has 344 valence electrons. The van der Waals surface area contributed by atoms with Crippen LogP contribution in [0.2, 0.25) is 51.4 Å². The Bertz CT molecular complexity index is 2220. The van der Waals surface area contributed by atoms with Crippen LogP contribution in [0.5, 0.6) is 0 Å². The van der Waals surface area contributed by atoms with Gasteiger partial charge in [0.15, 0.2) is 0 Å². The van der Waals surface area contributed by atoms with Crippen molar-refractivity contribution in [1.29, 1.82) is 0 Å². The highest BCUT2D eigenvalue weighted by atomic mass is 79.9. The van der Waals surface area contributed by atoms with Crippen LogP contribution in [0.3, 0.4) is 0 Å². The maximum Gasteiger partial charge on any atom is 0.315 e. The lowest BCUT2D eigenvalue weighted by Crippen LogP contribution is -2.32. The SMILES string of the molecule is C=C[C@](C)(COCC[Si](C)(C)C)C(=O)O.CC(=O)O[C@H](C)c1ccc2ccc(/C=C/[C@](C)(COCC[Si](C)(C)C)C(=O)O)cc2n1.CC(=O)O[C@H](C)c1ccc2ccc(Br)cc2n1. The number of hydrogen-bond acceptors (Lipinski definition) is 10. The number of carbonyl (C=O) groups is 4. The fourth-order valence-corrected chi connectivity index (χ4v) is 7.29. The van der Waals surface area contributed by atoms with Gasteiger partial charge in [-0.1, -0.05) is 104 Å². The zero-order valence-electron chi connectivity index (χ0n) is 39.0. The zero-order valence-corrected chi connectivity index (χ0v) is 42.6. The number of nitrogens with zero attached hydrogens (tertiary/aromatic N) is 2. The molecular formula is C48H67BrN2O10Si2. The van der Waals surface area contributed by atoms with Crippen LogP contribution in [0.4, 0.5) is 0 Å². The Balaban J connectivity index is 0.000000359. The van der Waals surface area contributed by atoms with Crippen molar-refractivity contribution in [3.63, 3.8) is 0 Å². The first-order valence-corrected chi connectivity index (χ1v) is 29.1. The molecule has 2 aromatic carbocycles. The number of fused-ring (bicyclic) bond motifs is 2. The van der Waals surface area contributed by atoms with Gasteiger partial charge in [-0.2, -0.15) is 0 Å². The summed E-state index contributed by atoms with van der Waals surface area (Å²) in [6.07, 6.45) is 4.14. The summed E-state index contributed by atoms with van der Waals surface area (Å²) < 4.78 is 22.4. The molecule has 0 unspecified atom stereocenters. The highest BCUT2D eigenvalue weighted by molar-refractivity contribution is 9.10. The van der Waals surface area contributed by atoms with E-state index in [1.807, 2.05) is 67.6 Å². The van der Waals surface area contributed by atoms with E-state index in [1.165, 1.54) is 19.9 Å². The fourth-order valence-electron chi connectivity index (χ4n) is 5.43. The van der Waals surface area contributed by atoms with E-state index >= 15 is 0 Å². The van der Waals surface area contributed by atoms with Crippen molar-refractivity contribution in [2.24, 2.45) is 10.8 Å². The summed E-state index contributed by atoms with van der Waals surface area (Å²) in [5, 5.41) is 20.7. The number of ether oxygens (including phenoxy) is 4. The third-order valence-corrected chi connectivity index (χ3v) is 13.7. The molecule has 0 fully saturated rings. The van der Waals surface area contributed by atoms with E-state index in [0.717, 1.165) is 49.6 Å². The number of halogens is 1. The average molecular weight is 968 g/mol. The van der Waals surface area contributed by atoms with E-state index in [2.05, 4.69) is 71.8 Å². The number of carboxylic acids is 2. The minimum atomic E-state index is -1.23. The molecule has 0 bridgehead atoms. The minimum absolute atomic E-state index is 0.124. The van der Waals surface area contributed by atoms with Crippen LogP contribution in [0.25, 0.3) is 27.9 Å². The van der Waals surface area contributed by atoms with E-state index in [4.69, 9.17) is 24.1 Å². The molecule has 15 heteroatoms. The van der Waals surface area contributed by atoms with Gasteiger partial charge in [0.1, 0.15) is 23.0 Å². The largest absolute Gasteiger partial charge is 0.481 e. The van der Waals surface area contributed by atoms with Crippen molar-refractivity contribution in [2.45, 2.75) is 105 Å². The predicted molar refractivity (Wildman–Crippen MR) is 260 cm³/mol. The Morgan fingerprint density at radius 3 is 1.52 bits per heavy atom. The molecule has 0 amide bonds. The summed E-state index contributed by atoms with van der Waals surface area (Å²) in [4.78, 5) is 54.0. The fraction of sp³-hybridized carbons (Fsp3) is 0.458. The first kappa shape index (κ1) is 54.6. The molecule has 12 nitrogen and oxygen atoms in total. The topological polar surface area (TPSA) is 171 Å². The third-order valence-electron chi connectivity index (χ3n) is 9.80. The Morgan fingerprint density at radius 2 is 1.11 bits per heavy atom. The lowest BCUT2D eigenvalue weighted by atomic mass is 9.90. The maximum atomic E-state index is 11.9. The lowest BCUT2D eigenvalue weighted by molar-refractivity contribution is -0.148. The molecule has 0 spiro atoms. The van der Waals surface area contributed by atoms with Crippen LogP contribution in [-0.2, 0) is 38.1 Å². The zero-order chi connectivity index (χ0) is 47.8. The second kappa shape index (κ2) is 24.5. The normalized spacial score (nSPS) is 14.5. The van der Waals surface area contributed by atoms with Gasteiger partial charge in [0, 0.05) is 58.5 Å². The third kappa shape index (κ3) is 19.8. The van der Waals surface area contributed by atoms with Gasteiger partial charge in [0.25, 0.3) is 0 Å². The molecule has 0 aliphatic rings. The summed E-state index contributed by atoms with van der Waals surface area (Å²) in [7, 11) is -2.31. The average Bonchev–Trinajstić information content (AvgIpc) is 3.18. The van der Waals surface area contributed by atoms with Crippen LogP contribution in [-0.4, -0.2) is 86.6 Å². The summed E-state index contributed by atoms with van der Waals surface area (Å²) in [6, 6.07) is 21.3. The predicted octanol–water partition coefficient (Wildman–Crippen LogP) is 11.6. The van der Waals surface area contributed by atoms with Gasteiger partial charge in [-0.15, -0.1) is 6.58 Å². The Hall–Kier alpha value is -4.55. The number of pyridine rings is 2. The summed E-state index contributed by atoms with van der Waals surface area (Å²) in [6.45, 7) is 28.3. The smallest absolute Gasteiger partial charge is 0.315 e. The highest BCUT2D eigenvalue weighted by Crippen LogP contribution is 2.26. The van der Waals surface area contributed by atoms with Crippen LogP contribution in [0.15, 0.2) is 83.9 Å². The molecule has 4 aromatic rings. The summed E-state index contributed by atoms with van der Waals surface area (Å²) in [5.41, 5.74) is 1.82. The van der Waals surface area contributed by atoms with Gasteiger partial charge >= 0.3 is 23.9 Å². The van der Waals surface area contributed by atoms with Crippen molar-refractivity contribution in [3.05, 3.63) is 101 Å². The summed E-state index contributed by atoms with van der Waals surface area (Å²) >= 11 is 3.41. The van der Waals surface area contributed by atoms with E-state index < -0.39 is 45.0 Å². The number of aromatic nitrogens is 2. The first-order valence-electron chi connectivity index (χ1n) is 20.9. The molecule has 2 aromatic heterocycles. The van der Waals surface area contributed by atoms with Crippen molar-refractivity contribution in [2.75, 3.05) is 26.4 Å². The van der Waals surface area contributed by atoms with E-state index in [1.54, 1.807) is 32.9 Å². The van der Waals surface area contributed by atoms with Gasteiger partial charge in [-0.3, -0.25) is 19.2 Å². The first-order chi connectivity index (χ1) is 29.2. The Kier molecular flexibility index (Phi) is 21.2. The van der Waals surface area contributed by atoms with Crippen LogP contribution in [0, 0.1) is 10.8 Å². The molecule has 63 heavy (non-hydrogen) atoms. The van der Waals surface area contributed by atoms with Gasteiger partial charge in [0.05, 0.1) is 35.6 Å². The second-order valence-corrected chi connectivity index (χ2v) is 30.6. The van der Waals surface area contributed by atoms with E-state index in [0.29, 0.717) is 18.9 Å². The molecule has 0 saturated carbocycles. The van der Waals surface area contributed by atoms with Crippen molar-refractivity contribution in [1.82, 2.24) is 9.97 Å². The van der Waals surface area contributed by atoms with Crippen molar-refractivity contribution in [3.8, 4) is 0 Å². The molecule has 2 N–H and O–H groups in total. The quantitative estimate of drug-likeness (QED) is 0.0395. The number of rotatable bonds is 19. The number of carboxylic acid groups (broad SMARTS) is 2. The minimum Gasteiger partial charge on any atom is -0.481 e. The van der Waals surface area contributed by atoms with Gasteiger partial charge in [-0.05, 0) is 75.7 Å². The number of benzene rings is 2. The van der Waals surface area contributed by atoms with E-state index in [-0.39, 0.29) is 31.3 Å². The van der Waals surface area contributed by atoms with Crippen molar-refractivity contribution >= 4 is 83.8 Å². The lowest BCUT2D eigenvalue weighted by Gasteiger charge is -2.22. The Labute approximate surface area is 383 Å². The van der Waals surface area contributed by atoms with Crippen LogP contribution in [0.1, 0.15) is 70.7 Å². The second-order valence-electron chi connectivity index (χ2n) is 18.5. The van der Waals surface area contributed by atoms with Crippen molar-refractivity contribution < 1.29 is 48.3 Å². The molecule has 0 saturated heterocycles. The standard InChI is InChI=1S/C24H33NO5Si.C13H12BrNO2.C11H22O3Si/c1-17(30-18(2)26)21-10-9-20-8-7-19(15-22(20)25-21)11-12-24(3,23(27)28)16-29-13-14-31(4,5)6;1-8(17-9(2)16)12-6-4-10-3-5-11(14)7-13(10)15-12;1-6-11(2,10(12)13)9-14-7-8-15(3,4)5/h7-12,15,17H,13-14,16H2,1-6H3,(H,27,28);3-8H,1-2H3;6H,1,7-9H2,2-5H3,(H,12,13)/b12-11+;;/t17-,24-;8-;11-/m111/s1. The van der Waals surface area contributed by atoms with E-state index in [9.17, 15) is 24.3 Å². The molecule has 0 aliphatic carbocycles. The molecule has 2 heterocycles. The van der Waals surface area contributed by atoms with Crippen LogP contribution < -0.4 is 0 Å². The van der Waals surface area contributed by atoms with Gasteiger partial charge in [-0.25, -0.2) is 9.97 Å². The number of esters is 2. The molecule has 0 aliphatic heterocycles. The summed E-state index contributed by atoms with van der Waals surface area (Å²) in [5.74, 6) is -2.46. The monoisotopic (exact) mass is 966 g/mol. The number of carbonyl (C=O) groups excluding carboxylic acids is 2. The molecule has 0 radical (unpaired) electrons. The molecular weight excluding hydrogens is 901 g/mol. The maximum absolute atomic E-state index is 11.9. The van der Waals surface area contributed by atoms with Gasteiger partial charge in [0.2, 0.25) is 0 Å². The number of hydrogen-bond donors (Lipinski definition) is 2. The number of aliphatic carboxylic acids is 2. The molecule has 4 rings (SSSR count).